The second-order valence-electron chi connectivity index (χ2n) is 4.38. The van der Waals surface area contributed by atoms with Crippen molar-refractivity contribution >= 4 is 0 Å². The third-order valence-electron chi connectivity index (χ3n) is 3.16. The molecule has 3 nitrogen and oxygen atoms in total. The molecule has 0 aliphatic heterocycles. The van der Waals surface area contributed by atoms with Crippen LogP contribution in [0.3, 0.4) is 0 Å². The fraction of sp³-hybridized carbons (Fsp3) is 0.0588. The SMILES string of the molecule is COc1ccc(-c2cncnc2-c2ccccc2)cc1. The predicted molar refractivity (Wildman–Crippen MR) is 79.5 cm³/mol. The monoisotopic (exact) mass is 262 g/mol. The van der Waals surface area contributed by atoms with E-state index in [2.05, 4.69) is 22.1 Å². The van der Waals surface area contributed by atoms with Gasteiger partial charge in [-0.15, -0.1) is 0 Å². The largest absolute Gasteiger partial charge is 0.497 e. The van der Waals surface area contributed by atoms with Crippen LogP contribution in [0.1, 0.15) is 0 Å². The molecular weight excluding hydrogens is 248 g/mol. The molecule has 0 bridgehead atoms. The van der Waals surface area contributed by atoms with Crippen molar-refractivity contribution in [2.45, 2.75) is 0 Å². The van der Waals surface area contributed by atoms with Crippen LogP contribution in [0.25, 0.3) is 22.4 Å². The van der Waals surface area contributed by atoms with Gasteiger partial charge in [0.15, 0.2) is 0 Å². The molecule has 3 rings (SSSR count). The summed E-state index contributed by atoms with van der Waals surface area (Å²) < 4.78 is 5.19. The van der Waals surface area contributed by atoms with E-state index < -0.39 is 0 Å². The van der Waals surface area contributed by atoms with Crippen molar-refractivity contribution in [3.8, 4) is 28.1 Å². The smallest absolute Gasteiger partial charge is 0.118 e. The maximum Gasteiger partial charge on any atom is 0.118 e. The van der Waals surface area contributed by atoms with Gasteiger partial charge < -0.3 is 4.74 Å². The summed E-state index contributed by atoms with van der Waals surface area (Å²) in [6, 6.07) is 18.0. The number of benzene rings is 2. The minimum atomic E-state index is 0.840. The maximum atomic E-state index is 5.19. The van der Waals surface area contributed by atoms with Gasteiger partial charge in [-0.05, 0) is 17.7 Å². The Morgan fingerprint density at radius 2 is 1.60 bits per heavy atom. The van der Waals surface area contributed by atoms with Crippen LogP contribution >= 0.6 is 0 Å². The van der Waals surface area contributed by atoms with Gasteiger partial charge in [0.1, 0.15) is 12.1 Å². The van der Waals surface area contributed by atoms with Crippen LogP contribution in [0.2, 0.25) is 0 Å². The predicted octanol–water partition coefficient (Wildman–Crippen LogP) is 3.82. The number of aromatic nitrogens is 2. The summed E-state index contributed by atoms with van der Waals surface area (Å²) >= 11 is 0. The Labute approximate surface area is 117 Å². The molecule has 0 unspecified atom stereocenters. The minimum Gasteiger partial charge on any atom is -0.497 e. The molecule has 20 heavy (non-hydrogen) atoms. The van der Waals surface area contributed by atoms with Gasteiger partial charge >= 0.3 is 0 Å². The van der Waals surface area contributed by atoms with Gasteiger partial charge in [-0.2, -0.15) is 0 Å². The summed E-state index contributed by atoms with van der Waals surface area (Å²) in [5.41, 5.74) is 4.11. The normalized spacial score (nSPS) is 10.2. The molecule has 98 valence electrons. The van der Waals surface area contributed by atoms with Crippen LogP contribution in [-0.4, -0.2) is 17.1 Å². The molecular formula is C17H14N2O. The molecule has 3 aromatic rings. The highest BCUT2D eigenvalue weighted by atomic mass is 16.5. The highest BCUT2D eigenvalue weighted by molar-refractivity contribution is 5.80. The van der Waals surface area contributed by atoms with Crippen LogP contribution in [0.5, 0.6) is 5.75 Å². The van der Waals surface area contributed by atoms with Crippen LogP contribution in [0.4, 0.5) is 0 Å². The lowest BCUT2D eigenvalue weighted by atomic mass is 10.0. The topological polar surface area (TPSA) is 35.0 Å². The van der Waals surface area contributed by atoms with Crippen molar-refractivity contribution in [2.24, 2.45) is 0 Å². The first-order valence-electron chi connectivity index (χ1n) is 6.38. The van der Waals surface area contributed by atoms with Gasteiger partial charge in [0.05, 0.1) is 12.8 Å². The maximum absolute atomic E-state index is 5.19. The van der Waals surface area contributed by atoms with E-state index in [9.17, 15) is 0 Å². The minimum absolute atomic E-state index is 0.840. The summed E-state index contributed by atoms with van der Waals surface area (Å²) in [6.07, 6.45) is 3.42. The van der Waals surface area contributed by atoms with Crippen molar-refractivity contribution in [1.82, 2.24) is 9.97 Å². The van der Waals surface area contributed by atoms with Crippen LogP contribution in [-0.2, 0) is 0 Å². The van der Waals surface area contributed by atoms with E-state index in [-0.39, 0.29) is 0 Å². The average Bonchev–Trinajstić information content (AvgIpc) is 2.56. The summed E-state index contributed by atoms with van der Waals surface area (Å²) in [5, 5.41) is 0. The molecule has 1 aromatic heterocycles. The van der Waals surface area contributed by atoms with Gasteiger partial charge in [0, 0.05) is 17.3 Å². The molecule has 0 atom stereocenters. The Morgan fingerprint density at radius 3 is 2.30 bits per heavy atom. The third-order valence-corrected chi connectivity index (χ3v) is 3.16. The first kappa shape index (κ1) is 12.4. The zero-order valence-corrected chi connectivity index (χ0v) is 11.2. The number of methoxy groups -OCH3 is 1. The fourth-order valence-electron chi connectivity index (χ4n) is 2.14. The molecule has 0 radical (unpaired) electrons. The second-order valence-corrected chi connectivity index (χ2v) is 4.38. The third kappa shape index (κ3) is 2.38. The van der Waals surface area contributed by atoms with Crippen LogP contribution < -0.4 is 4.74 Å². The van der Waals surface area contributed by atoms with E-state index in [0.717, 1.165) is 28.1 Å². The lowest BCUT2D eigenvalue weighted by molar-refractivity contribution is 0.415. The molecule has 0 spiro atoms. The molecule has 0 amide bonds. The Bertz CT molecular complexity index is 694. The number of rotatable bonds is 3. The van der Waals surface area contributed by atoms with Gasteiger partial charge in [-0.25, -0.2) is 9.97 Å². The zero-order chi connectivity index (χ0) is 13.8. The molecule has 0 saturated carbocycles. The standard InChI is InChI=1S/C17H14N2O/c1-20-15-9-7-13(8-10-15)16-11-18-12-19-17(16)14-5-3-2-4-6-14/h2-12H,1H3. The molecule has 0 saturated heterocycles. The molecule has 0 aliphatic carbocycles. The Hall–Kier alpha value is -2.68. The van der Waals surface area contributed by atoms with Gasteiger partial charge in [0.2, 0.25) is 0 Å². The van der Waals surface area contributed by atoms with Crippen molar-refractivity contribution in [3.63, 3.8) is 0 Å². The number of nitrogens with zero attached hydrogens (tertiary/aromatic N) is 2. The average molecular weight is 262 g/mol. The Balaban J connectivity index is 2.10. The Kier molecular flexibility index (Phi) is 3.42. The Morgan fingerprint density at radius 1 is 0.850 bits per heavy atom. The van der Waals surface area contributed by atoms with E-state index >= 15 is 0 Å². The molecule has 1 heterocycles. The van der Waals surface area contributed by atoms with E-state index in [1.165, 1.54) is 0 Å². The summed E-state index contributed by atoms with van der Waals surface area (Å²) in [4.78, 5) is 8.57. The quantitative estimate of drug-likeness (QED) is 0.719. The summed E-state index contributed by atoms with van der Waals surface area (Å²) in [5.74, 6) is 0.840. The highest BCUT2D eigenvalue weighted by Gasteiger charge is 2.08. The van der Waals surface area contributed by atoms with Gasteiger partial charge in [0.25, 0.3) is 0 Å². The number of ether oxygens (including phenoxy) is 1. The first-order valence-corrected chi connectivity index (χ1v) is 6.38. The highest BCUT2D eigenvalue weighted by Crippen LogP contribution is 2.30. The lowest BCUT2D eigenvalue weighted by Crippen LogP contribution is -1.91. The molecule has 0 aliphatic rings. The van der Waals surface area contributed by atoms with Crippen LogP contribution in [0.15, 0.2) is 67.1 Å². The van der Waals surface area contributed by atoms with E-state index in [1.54, 1.807) is 13.4 Å². The fourth-order valence-corrected chi connectivity index (χ4v) is 2.14. The van der Waals surface area contributed by atoms with Crippen molar-refractivity contribution in [2.75, 3.05) is 7.11 Å². The van der Waals surface area contributed by atoms with Crippen molar-refractivity contribution < 1.29 is 4.74 Å². The van der Waals surface area contributed by atoms with E-state index in [0.29, 0.717) is 0 Å². The molecule has 3 heteroatoms. The number of hydrogen-bond acceptors (Lipinski definition) is 3. The van der Waals surface area contributed by atoms with Crippen molar-refractivity contribution in [1.29, 1.82) is 0 Å². The summed E-state index contributed by atoms with van der Waals surface area (Å²) in [7, 11) is 1.66. The van der Waals surface area contributed by atoms with Gasteiger partial charge in [-0.1, -0.05) is 42.5 Å². The zero-order valence-electron chi connectivity index (χ0n) is 11.2. The van der Waals surface area contributed by atoms with Crippen LogP contribution in [0, 0.1) is 0 Å². The second kappa shape index (κ2) is 5.53. The van der Waals surface area contributed by atoms with E-state index in [4.69, 9.17) is 4.74 Å². The molecule has 0 N–H and O–H groups in total. The molecule has 0 fully saturated rings. The first-order chi connectivity index (χ1) is 9.88. The van der Waals surface area contributed by atoms with E-state index in [1.807, 2.05) is 48.7 Å². The summed E-state index contributed by atoms with van der Waals surface area (Å²) in [6.45, 7) is 0. The van der Waals surface area contributed by atoms with Crippen molar-refractivity contribution in [3.05, 3.63) is 67.1 Å². The lowest BCUT2D eigenvalue weighted by Gasteiger charge is -2.08. The molecule has 2 aromatic carbocycles. The van der Waals surface area contributed by atoms with Gasteiger partial charge in [-0.3, -0.25) is 0 Å². The number of hydrogen-bond donors (Lipinski definition) is 0.